The number of hydrogen-bond acceptors (Lipinski definition) is 2. The van der Waals surface area contributed by atoms with Crippen molar-refractivity contribution in [2.45, 2.75) is 13.0 Å². The largest absolute Gasteiger partial charge is 0.377 e. The van der Waals surface area contributed by atoms with Gasteiger partial charge in [0, 0.05) is 17.6 Å². The average Bonchev–Trinajstić information content (AvgIpc) is 2.33. The fourth-order valence-corrected chi connectivity index (χ4v) is 1.97. The molecule has 1 N–H and O–H groups in total. The molecule has 2 nitrogen and oxygen atoms in total. The molecule has 0 saturated carbocycles. The smallest absolute Gasteiger partial charge is 0.0689 e. The van der Waals surface area contributed by atoms with Gasteiger partial charge in [-0.2, -0.15) is 0 Å². The van der Waals surface area contributed by atoms with Gasteiger partial charge in [-0.05, 0) is 29.7 Å². The summed E-state index contributed by atoms with van der Waals surface area (Å²) in [5, 5.41) is 3.43. The SMILES string of the molecule is Brc1ccc(CNCC2=CCCOC2)cc1. The zero-order chi connectivity index (χ0) is 11.2. The molecule has 0 spiro atoms. The van der Waals surface area contributed by atoms with Crippen LogP contribution in [0.4, 0.5) is 0 Å². The second-order valence-corrected chi connectivity index (χ2v) is 4.85. The monoisotopic (exact) mass is 281 g/mol. The van der Waals surface area contributed by atoms with Gasteiger partial charge >= 0.3 is 0 Å². The molecule has 0 saturated heterocycles. The van der Waals surface area contributed by atoms with Crippen LogP contribution in [0.25, 0.3) is 0 Å². The maximum absolute atomic E-state index is 5.39. The van der Waals surface area contributed by atoms with Crippen LogP contribution in [0.2, 0.25) is 0 Å². The third-order valence-corrected chi connectivity index (χ3v) is 3.11. The van der Waals surface area contributed by atoms with E-state index in [2.05, 4.69) is 51.6 Å². The molecule has 1 aliphatic rings. The minimum absolute atomic E-state index is 0.785. The highest BCUT2D eigenvalue weighted by Crippen LogP contribution is 2.10. The molecule has 0 radical (unpaired) electrons. The molecule has 1 heterocycles. The minimum Gasteiger partial charge on any atom is -0.377 e. The normalized spacial score (nSPS) is 15.9. The molecule has 16 heavy (non-hydrogen) atoms. The van der Waals surface area contributed by atoms with Crippen molar-refractivity contribution in [2.75, 3.05) is 19.8 Å². The summed E-state index contributed by atoms with van der Waals surface area (Å²) in [7, 11) is 0. The van der Waals surface area contributed by atoms with Crippen molar-refractivity contribution in [1.82, 2.24) is 5.32 Å². The van der Waals surface area contributed by atoms with E-state index in [1.54, 1.807) is 0 Å². The van der Waals surface area contributed by atoms with Gasteiger partial charge in [0.2, 0.25) is 0 Å². The molecule has 0 aromatic heterocycles. The maximum atomic E-state index is 5.39. The Morgan fingerprint density at radius 3 is 2.69 bits per heavy atom. The Morgan fingerprint density at radius 1 is 1.19 bits per heavy atom. The number of rotatable bonds is 4. The van der Waals surface area contributed by atoms with Crippen LogP contribution < -0.4 is 5.32 Å². The van der Waals surface area contributed by atoms with E-state index in [0.717, 1.165) is 37.2 Å². The number of benzene rings is 1. The zero-order valence-corrected chi connectivity index (χ0v) is 10.8. The highest BCUT2D eigenvalue weighted by atomic mass is 79.9. The molecule has 0 amide bonds. The number of ether oxygens (including phenoxy) is 1. The molecular weight excluding hydrogens is 266 g/mol. The first kappa shape index (κ1) is 11.8. The van der Waals surface area contributed by atoms with Crippen LogP contribution >= 0.6 is 15.9 Å². The lowest BCUT2D eigenvalue weighted by molar-refractivity contribution is 0.149. The molecule has 0 fully saturated rings. The van der Waals surface area contributed by atoms with Crippen LogP contribution in [-0.2, 0) is 11.3 Å². The standard InChI is InChI=1S/C13H16BrNO/c14-13-5-3-11(4-6-13)8-15-9-12-2-1-7-16-10-12/h2-6,15H,1,7-10H2. The van der Waals surface area contributed by atoms with E-state index < -0.39 is 0 Å². The van der Waals surface area contributed by atoms with Gasteiger partial charge in [0.25, 0.3) is 0 Å². The van der Waals surface area contributed by atoms with E-state index in [4.69, 9.17) is 4.74 Å². The first-order valence-electron chi connectivity index (χ1n) is 5.55. The predicted octanol–water partition coefficient (Wildman–Crippen LogP) is 2.89. The molecule has 86 valence electrons. The maximum Gasteiger partial charge on any atom is 0.0689 e. The summed E-state index contributed by atoms with van der Waals surface area (Å²) in [6.45, 7) is 3.49. The van der Waals surface area contributed by atoms with Crippen LogP contribution in [0.1, 0.15) is 12.0 Å². The van der Waals surface area contributed by atoms with Gasteiger partial charge in [0.1, 0.15) is 0 Å². The van der Waals surface area contributed by atoms with E-state index in [-0.39, 0.29) is 0 Å². The molecular formula is C13H16BrNO. The van der Waals surface area contributed by atoms with Gasteiger partial charge in [-0.25, -0.2) is 0 Å². The van der Waals surface area contributed by atoms with Gasteiger partial charge in [-0.15, -0.1) is 0 Å². The molecule has 3 heteroatoms. The lowest BCUT2D eigenvalue weighted by Gasteiger charge is -2.14. The van der Waals surface area contributed by atoms with E-state index in [1.807, 2.05) is 0 Å². The van der Waals surface area contributed by atoms with Crippen LogP contribution in [-0.4, -0.2) is 19.8 Å². The Kier molecular flexibility index (Phi) is 4.57. The van der Waals surface area contributed by atoms with Crippen molar-refractivity contribution < 1.29 is 4.74 Å². The highest BCUT2D eigenvalue weighted by molar-refractivity contribution is 9.10. The fourth-order valence-electron chi connectivity index (χ4n) is 1.70. The fraction of sp³-hybridized carbons (Fsp3) is 0.385. The van der Waals surface area contributed by atoms with Gasteiger partial charge in [0.05, 0.1) is 13.2 Å². The summed E-state index contributed by atoms with van der Waals surface area (Å²) < 4.78 is 6.51. The van der Waals surface area contributed by atoms with E-state index in [0.29, 0.717) is 0 Å². The van der Waals surface area contributed by atoms with Crippen LogP contribution in [0, 0.1) is 0 Å². The molecule has 0 bridgehead atoms. The molecule has 0 atom stereocenters. The van der Waals surface area contributed by atoms with E-state index >= 15 is 0 Å². The third-order valence-electron chi connectivity index (χ3n) is 2.58. The van der Waals surface area contributed by atoms with Crippen LogP contribution in [0.3, 0.4) is 0 Å². The predicted molar refractivity (Wildman–Crippen MR) is 69.4 cm³/mol. The molecule has 1 aromatic rings. The Labute approximate surface area is 105 Å². The highest BCUT2D eigenvalue weighted by Gasteiger charge is 2.02. The average molecular weight is 282 g/mol. The number of hydrogen-bond donors (Lipinski definition) is 1. The Bertz CT molecular complexity index is 359. The van der Waals surface area contributed by atoms with Gasteiger partial charge in [-0.3, -0.25) is 0 Å². The van der Waals surface area contributed by atoms with E-state index in [1.165, 1.54) is 11.1 Å². The van der Waals surface area contributed by atoms with Crippen molar-refractivity contribution in [3.63, 3.8) is 0 Å². The van der Waals surface area contributed by atoms with Crippen LogP contribution in [0.15, 0.2) is 40.4 Å². The van der Waals surface area contributed by atoms with Crippen molar-refractivity contribution in [3.05, 3.63) is 46.0 Å². The Hall–Kier alpha value is -0.640. The first-order valence-corrected chi connectivity index (χ1v) is 6.35. The number of nitrogens with one attached hydrogen (secondary N) is 1. The lowest BCUT2D eigenvalue weighted by Crippen LogP contribution is -2.20. The number of halogens is 1. The van der Waals surface area contributed by atoms with Gasteiger partial charge in [0.15, 0.2) is 0 Å². The summed E-state index contributed by atoms with van der Waals surface area (Å²) in [6, 6.07) is 8.39. The molecule has 0 unspecified atom stereocenters. The summed E-state index contributed by atoms with van der Waals surface area (Å²) in [6.07, 6.45) is 3.33. The topological polar surface area (TPSA) is 21.3 Å². The minimum atomic E-state index is 0.785. The van der Waals surface area contributed by atoms with E-state index in [9.17, 15) is 0 Å². The zero-order valence-electron chi connectivity index (χ0n) is 9.21. The molecule has 2 rings (SSSR count). The van der Waals surface area contributed by atoms with Crippen molar-refractivity contribution >= 4 is 15.9 Å². The quantitative estimate of drug-likeness (QED) is 0.857. The molecule has 1 aliphatic heterocycles. The summed E-state index contributed by atoms with van der Waals surface area (Å²) in [5.74, 6) is 0. The first-order chi connectivity index (χ1) is 7.84. The Balaban J connectivity index is 1.75. The Morgan fingerprint density at radius 2 is 2.00 bits per heavy atom. The second kappa shape index (κ2) is 6.18. The second-order valence-electron chi connectivity index (χ2n) is 3.93. The van der Waals surface area contributed by atoms with Crippen LogP contribution in [0.5, 0.6) is 0 Å². The lowest BCUT2D eigenvalue weighted by atomic mass is 10.2. The van der Waals surface area contributed by atoms with Gasteiger partial charge in [-0.1, -0.05) is 34.1 Å². The molecule has 0 aliphatic carbocycles. The third kappa shape index (κ3) is 3.74. The van der Waals surface area contributed by atoms with Crippen molar-refractivity contribution in [2.24, 2.45) is 0 Å². The van der Waals surface area contributed by atoms with Crippen molar-refractivity contribution in [1.29, 1.82) is 0 Å². The van der Waals surface area contributed by atoms with Gasteiger partial charge < -0.3 is 10.1 Å². The van der Waals surface area contributed by atoms with Crippen molar-refractivity contribution in [3.8, 4) is 0 Å². The summed E-state index contributed by atoms with van der Waals surface area (Å²) in [4.78, 5) is 0. The summed E-state index contributed by atoms with van der Waals surface area (Å²) in [5.41, 5.74) is 2.67. The molecule has 1 aromatic carbocycles. The summed E-state index contributed by atoms with van der Waals surface area (Å²) >= 11 is 3.43.